The molecule has 0 fully saturated rings. The monoisotopic (exact) mass is 1300 g/mol. The highest BCUT2D eigenvalue weighted by Crippen LogP contribution is 2.41. The molecule has 3 heterocycles. The predicted molar refractivity (Wildman–Crippen MR) is 429 cm³/mol. The van der Waals surface area contributed by atoms with E-state index in [0.29, 0.717) is 0 Å². The van der Waals surface area contributed by atoms with Gasteiger partial charge in [0, 0.05) is 69.5 Å². The van der Waals surface area contributed by atoms with Crippen molar-refractivity contribution in [3.63, 3.8) is 0 Å². The summed E-state index contributed by atoms with van der Waals surface area (Å²) in [6.07, 6.45) is 10.6. The van der Waals surface area contributed by atoms with Gasteiger partial charge in [-0.25, -0.2) is 0 Å². The lowest BCUT2D eigenvalue weighted by Crippen LogP contribution is -1.89. The van der Waals surface area contributed by atoms with Crippen LogP contribution in [0.4, 0.5) is 0 Å². The van der Waals surface area contributed by atoms with Crippen LogP contribution in [0.15, 0.2) is 365 Å². The quantitative estimate of drug-likeness (QED) is 0.154. The van der Waals surface area contributed by atoms with Crippen LogP contribution in [0.3, 0.4) is 0 Å². The van der Waals surface area contributed by atoms with Crippen LogP contribution in [0.5, 0.6) is 0 Å². The van der Waals surface area contributed by atoms with Crippen molar-refractivity contribution in [3.05, 3.63) is 365 Å². The molecular formula is C96H60N6. The molecule has 0 aliphatic carbocycles. The third-order valence-corrected chi connectivity index (χ3v) is 20.2. The lowest BCUT2D eigenvalue weighted by atomic mass is 9.93. The smallest absolute Gasteiger partial charge is 0.0971 e. The van der Waals surface area contributed by atoms with Gasteiger partial charge in [-0.05, 0) is 168 Å². The minimum absolute atomic E-state index is 0.951. The summed E-state index contributed by atoms with van der Waals surface area (Å²) in [5, 5.41) is 21.7. The van der Waals surface area contributed by atoms with E-state index in [4.69, 9.17) is 0 Å². The van der Waals surface area contributed by atoms with Crippen LogP contribution in [-0.4, -0.2) is 29.9 Å². The number of aromatic nitrogens is 6. The maximum Gasteiger partial charge on any atom is 0.0971 e. The van der Waals surface area contributed by atoms with Crippen LogP contribution in [0.2, 0.25) is 0 Å². The molecule has 0 aliphatic rings. The summed E-state index contributed by atoms with van der Waals surface area (Å²) in [4.78, 5) is 28.0. The average molecular weight is 1300 g/mol. The Morgan fingerprint density at radius 2 is 0.392 bits per heavy atom. The van der Waals surface area contributed by atoms with Crippen molar-refractivity contribution < 1.29 is 0 Å². The molecule has 0 aliphatic heterocycles. The summed E-state index contributed by atoms with van der Waals surface area (Å²) in [5.41, 5.74) is 20.4. The van der Waals surface area contributed by atoms with Gasteiger partial charge in [0.25, 0.3) is 0 Å². The van der Waals surface area contributed by atoms with Crippen molar-refractivity contribution >= 4 is 130 Å². The molecule has 0 saturated carbocycles. The highest BCUT2D eigenvalue weighted by molar-refractivity contribution is 6.26. The van der Waals surface area contributed by atoms with Crippen molar-refractivity contribution in [2.45, 2.75) is 0 Å². The average Bonchev–Trinajstić information content (AvgIpc) is 0.752. The van der Waals surface area contributed by atoms with Crippen LogP contribution >= 0.6 is 0 Å². The zero-order valence-electron chi connectivity index (χ0n) is 55.3. The maximum atomic E-state index is 4.68. The Balaban J connectivity index is 0.000000106. The van der Waals surface area contributed by atoms with E-state index in [9.17, 15) is 0 Å². The minimum Gasteiger partial charge on any atom is -0.252 e. The van der Waals surface area contributed by atoms with Gasteiger partial charge in [0.15, 0.2) is 0 Å². The van der Waals surface area contributed by atoms with E-state index in [1.54, 1.807) is 37.2 Å². The number of fused-ring (bicyclic) bond motifs is 21. The van der Waals surface area contributed by atoms with Crippen molar-refractivity contribution in [3.8, 4) is 66.8 Å². The first kappa shape index (κ1) is 59.6. The summed E-state index contributed by atoms with van der Waals surface area (Å²) in [6, 6.07) is 117. The molecular weight excluding hydrogens is 1240 g/mol. The molecule has 6 heteroatoms. The standard InChI is InChI=1S/3C32H20N2/c1-2-11-25-21(7-1)8-6-14-26(25)24-10-5-9-22(19-24)23-15-16-29-30(20-23)27-12-3-4-13-28(27)31-32(29)34-18-17-33-31;1-2-8-25-22(6-1)7-5-11-26(25)23-14-12-21(13-15-23)24-16-17-29-30(20-24)27-9-3-4-10-28(27)31-32(29)34-19-18-33-31;1-2-7-22-18-25(13-12-21(22)6-1)23-8-5-9-24(19-23)26-14-15-29-30(20-26)27-10-3-4-11-28(27)31-32(29)34-17-16-33-31/h3*1-20H. The van der Waals surface area contributed by atoms with Crippen LogP contribution < -0.4 is 0 Å². The third kappa shape index (κ3) is 10.6. The molecule has 21 aromatic rings. The van der Waals surface area contributed by atoms with E-state index in [2.05, 4.69) is 357 Å². The molecule has 0 radical (unpaired) electrons. The Hall–Kier alpha value is -13.7. The predicted octanol–water partition coefficient (Wildman–Crippen LogP) is 25.3. The molecule has 0 atom stereocenters. The number of benzene rings is 18. The topological polar surface area (TPSA) is 77.3 Å². The van der Waals surface area contributed by atoms with Crippen LogP contribution in [0.25, 0.3) is 197 Å². The highest BCUT2D eigenvalue weighted by atomic mass is 14.8. The summed E-state index contributed by atoms with van der Waals surface area (Å²) in [7, 11) is 0. The number of hydrogen-bond donors (Lipinski definition) is 0. The molecule has 474 valence electrons. The first-order chi connectivity index (χ1) is 50.6. The Kier molecular flexibility index (Phi) is 14.8. The molecule has 102 heavy (non-hydrogen) atoms. The number of nitrogens with zero attached hydrogens (tertiary/aromatic N) is 6. The number of hydrogen-bond acceptors (Lipinski definition) is 6. The van der Waals surface area contributed by atoms with E-state index in [1.807, 2.05) is 0 Å². The van der Waals surface area contributed by atoms with Gasteiger partial charge in [0.05, 0.1) is 33.1 Å². The van der Waals surface area contributed by atoms with E-state index in [0.717, 1.165) is 65.4 Å². The Labute approximate surface area is 587 Å². The fraction of sp³-hybridized carbons (Fsp3) is 0. The van der Waals surface area contributed by atoms with Crippen LogP contribution in [0.1, 0.15) is 0 Å². The largest absolute Gasteiger partial charge is 0.252 e. The van der Waals surface area contributed by atoms with E-state index < -0.39 is 0 Å². The second-order valence-electron chi connectivity index (χ2n) is 26.0. The number of rotatable bonds is 6. The maximum absolute atomic E-state index is 4.68. The molecule has 0 unspecified atom stereocenters. The third-order valence-electron chi connectivity index (χ3n) is 20.2. The first-order valence-corrected chi connectivity index (χ1v) is 34.5. The first-order valence-electron chi connectivity index (χ1n) is 34.5. The van der Waals surface area contributed by atoms with E-state index in [-0.39, 0.29) is 0 Å². The van der Waals surface area contributed by atoms with Gasteiger partial charge < -0.3 is 0 Å². The summed E-state index contributed by atoms with van der Waals surface area (Å²) in [5.74, 6) is 0. The van der Waals surface area contributed by atoms with Crippen molar-refractivity contribution in [2.75, 3.05) is 0 Å². The van der Waals surface area contributed by atoms with Crippen molar-refractivity contribution in [2.24, 2.45) is 0 Å². The fourth-order valence-electron chi connectivity index (χ4n) is 15.3. The molecule has 3 aromatic heterocycles. The lowest BCUT2D eigenvalue weighted by Gasteiger charge is -2.12. The Bertz CT molecular complexity index is 6780. The van der Waals surface area contributed by atoms with Gasteiger partial charge in [-0.15, -0.1) is 0 Å². The fourth-order valence-corrected chi connectivity index (χ4v) is 15.3. The molecule has 6 nitrogen and oxygen atoms in total. The molecule has 21 rings (SSSR count). The molecule has 0 saturated heterocycles. The van der Waals surface area contributed by atoms with Gasteiger partial charge in [0.2, 0.25) is 0 Å². The molecule has 0 amide bonds. The second kappa shape index (κ2) is 25.3. The Morgan fingerprint density at radius 3 is 0.824 bits per heavy atom. The Morgan fingerprint density at radius 1 is 0.127 bits per heavy atom. The summed E-state index contributed by atoms with van der Waals surface area (Å²) in [6.45, 7) is 0. The lowest BCUT2D eigenvalue weighted by molar-refractivity contribution is 1.31. The van der Waals surface area contributed by atoms with Gasteiger partial charge >= 0.3 is 0 Å². The molecule has 0 N–H and O–H groups in total. The summed E-state index contributed by atoms with van der Waals surface area (Å²) < 4.78 is 0. The molecule has 0 bridgehead atoms. The van der Waals surface area contributed by atoms with Crippen molar-refractivity contribution in [1.82, 2.24) is 29.9 Å². The minimum atomic E-state index is 0.951. The summed E-state index contributed by atoms with van der Waals surface area (Å²) >= 11 is 0. The van der Waals surface area contributed by atoms with Gasteiger partial charge in [-0.3, -0.25) is 29.9 Å². The highest BCUT2D eigenvalue weighted by Gasteiger charge is 2.17. The molecule has 0 spiro atoms. The van der Waals surface area contributed by atoms with Gasteiger partial charge in [0.1, 0.15) is 0 Å². The molecule has 18 aromatic carbocycles. The SMILES string of the molecule is c1cc(-c2ccc3c(c2)c2ccccc2c2nccnc32)cc(-c2cccc3ccccc23)c1.c1cc(-c2ccc3ccccc3c2)cc(-c2ccc3c(c2)c2ccccc2c2nccnc32)c1.c1ccc2c(-c3ccc(-c4ccc5c(c4)c4ccccc4c4nccnc54)cc3)cccc2c1. The van der Waals surface area contributed by atoms with Crippen LogP contribution in [-0.2, 0) is 0 Å². The van der Waals surface area contributed by atoms with E-state index in [1.165, 1.54) is 131 Å². The van der Waals surface area contributed by atoms with Gasteiger partial charge in [-0.2, -0.15) is 0 Å². The van der Waals surface area contributed by atoms with E-state index >= 15 is 0 Å². The zero-order chi connectivity index (χ0) is 67.5. The second-order valence-corrected chi connectivity index (χ2v) is 26.0. The van der Waals surface area contributed by atoms with Crippen molar-refractivity contribution in [1.29, 1.82) is 0 Å². The van der Waals surface area contributed by atoms with Gasteiger partial charge in [-0.1, -0.05) is 291 Å². The zero-order valence-corrected chi connectivity index (χ0v) is 55.3. The normalized spacial score (nSPS) is 11.5. The van der Waals surface area contributed by atoms with Crippen LogP contribution in [0, 0.1) is 0 Å².